The Labute approximate surface area is 117 Å². The molecule has 1 aromatic carbocycles. The molecule has 1 aliphatic rings. The molecule has 0 bridgehead atoms. The van der Waals surface area contributed by atoms with E-state index in [0.717, 1.165) is 25.2 Å². The van der Waals surface area contributed by atoms with Crippen LogP contribution in [0.1, 0.15) is 12.0 Å². The van der Waals surface area contributed by atoms with Crippen molar-refractivity contribution in [1.29, 1.82) is 0 Å². The molecule has 1 saturated heterocycles. The molecule has 0 spiro atoms. The first-order valence-electron chi connectivity index (χ1n) is 6.06. The summed E-state index contributed by atoms with van der Waals surface area (Å²) in [4.78, 5) is 11.6. The molecule has 0 saturated carbocycles. The van der Waals surface area contributed by atoms with Crippen LogP contribution in [0.4, 0.5) is 0 Å². The van der Waals surface area contributed by atoms with Gasteiger partial charge >= 0.3 is 0 Å². The lowest BCUT2D eigenvalue weighted by Crippen LogP contribution is -2.48. The number of nitrogens with one attached hydrogen (secondary N) is 2. The lowest BCUT2D eigenvalue weighted by atomic mass is 10.0. The van der Waals surface area contributed by atoms with E-state index in [-0.39, 0.29) is 5.91 Å². The molecule has 0 unspecified atom stereocenters. The summed E-state index contributed by atoms with van der Waals surface area (Å²) in [6, 6.07) is 5.47. The van der Waals surface area contributed by atoms with E-state index in [1.165, 1.54) is 0 Å². The summed E-state index contributed by atoms with van der Waals surface area (Å²) in [5.41, 5.74) is 1.03. The zero-order chi connectivity index (χ0) is 13.0. The Bertz CT molecular complexity index is 433. The van der Waals surface area contributed by atoms with Crippen LogP contribution in [-0.4, -0.2) is 25.5 Å². The van der Waals surface area contributed by atoms with E-state index in [1.807, 2.05) is 12.1 Å². The van der Waals surface area contributed by atoms with Crippen LogP contribution < -0.4 is 10.6 Å². The predicted molar refractivity (Wildman–Crippen MR) is 74.2 cm³/mol. The number of halogens is 2. The van der Waals surface area contributed by atoms with Crippen molar-refractivity contribution in [1.82, 2.24) is 10.6 Å². The SMILES string of the molecule is O=C(CCc1ccc(Cl)c(Cl)c1)NCC1CNC1. The number of carbonyl (C=O) groups is 1. The molecular formula is C13H16Cl2N2O. The number of hydrogen-bond donors (Lipinski definition) is 2. The van der Waals surface area contributed by atoms with Crippen molar-refractivity contribution in [3.8, 4) is 0 Å². The van der Waals surface area contributed by atoms with Crippen LogP contribution in [0.15, 0.2) is 18.2 Å². The molecule has 2 N–H and O–H groups in total. The van der Waals surface area contributed by atoms with Crippen LogP contribution in [0.25, 0.3) is 0 Å². The Morgan fingerprint density at radius 3 is 2.72 bits per heavy atom. The van der Waals surface area contributed by atoms with Gasteiger partial charge in [0.2, 0.25) is 5.91 Å². The van der Waals surface area contributed by atoms with Crippen LogP contribution in [0.2, 0.25) is 10.0 Å². The normalized spacial score (nSPS) is 15.2. The maximum Gasteiger partial charge on any atom is 0.220 e. The first kappa shape index (κ1) is 13.7. The second kappa shape index (κ2) is 6.41. The zero-order valence-corrected chi connectivity index (χ0v) is 11.5. The van der Waals surface area contributed by atoms with Gasteiger partial charge in [-0.25, -0.2) is 0 Å². The molecule has 1 amide bonds. The molecule has 1 aromatic rings. The number of amides is 1. The molecule has 1 fully saturated rings. The number of benzene rings is 1. The van der Waals surface area contributed by atoms with Crippen LogP contribution >= 0.6 is 23.2 Å². The predicted octanol–water partition coefficient (Wildman–Crippen LogP) is 2.26. The van der Waals surface area contributed by atoms with Crippen molar-refractivity contribution in [2.24, 2.45) is 5.92 Å². The monoisotopic (exact) mass is 286 g/mol. The molecule has 5 heteroatoms. The molecule has 1 aliphatic heterocycles. The van der Waals surface area contributed by atoms with Gasteiger partial charge in [-0.2, -0.15) is 0 Å². The van der Waals surface area contributed by atoms with Crippen LogP contribution in [0.3, 0.4) is 0 Å². The molecule has 0 radical (unpaired) electrons. The number of hydrogen-bond acceptors (Lipinski definition) is 2. The van der Waals surface area contributed by atoms with Gasteiger partial charge < -0.3 is 10.6 Å². The van der Waals surface area contributed by atoms with E-state index < -0.39 is 0 Å². The van der Waals surface area contributed by atoms with Crippen molar-refractivity contribution in [2.45, 2.75) is 12.8 Å². The molecule has 0 atom stereocenters. The zero-order valence-electron chi connectivity index (χ0n) is 10.0. The van der Waals surface area contributed by atoms with Crippen molar-refractivity contribution in [3.05, 3.63) is 33.8 Å². The third kappa shape index (κ3) is 3.87. The summed E-state index contributed by atoms with van der Waals surface area (Å²) in [6.07, 6.45) is 1.17. The second-order valence-electron chi connectivity index (χ2n) is 4.58. The van der Waals surface area contributed by atoms with Crippen molar-refractivity contribution in [3.63, 3.8) is 0 Å². The van der Waals surface area contributed by atoms with Gasteiger partial charge in [0.05, 0.1) is 10.0 Å². The molecule has 98 valence electrons. The Morgan fingerprint density at radius 2 is 2.11 bits per heavy atom. The highest BCUT2D eigenvalue weighted by Gasteiger charge is 2.16. The topological polar surface area (TPSA) is 41.1 Å². The van der Waals surface area contributed by atoms with Crippen LogP contribution in [0, 0.1) is 5.92 Å². The highest BCUT2D eigenvalue weighted by molar-refractivity contribution is 6.42. The van der Waals surface area contributed by atoms with Gasteiger partial charge in [-0.1, -0.05) is 29.3 Å². The standard InChI is InChI=1S/C13H16Cl2N2O/c14-11-3-1-9(5-12(11)15)2-4-13(18)17-8-10-6-16-7-10/h1,3,5,10,16H,2,4,6-8H2,(H,17,18). The lowest BCUT2D eigenvalue weighted by molar-refractivity contribution is -0.121. The molecule has 0 aliphatic carbocycles. The average molecular weight is 287 g/mol. The smallest absolute Gasteiger partial charge is 0.220 e. The molecule has 3 nitrogen and oxygen atoms in total. The van der Waals surface area contributed by atoms with E-state index in [1.54, 1.807) is 6.07 Å². The summed E-state index contributed by atoms with van der Waals surface area (Å²) < 4.78 is 0. The second-order valence-corrected chi connectivity index (χ2v) is 5.39. The van der Waals surface area contributed by atoms with Crippen LogP contribution in [-0.2, 0) is 11.2 Å². The first-order valence-corrected chi connectivity index (χ1v) is 6.82. The lowest BCUT2D eigenvalue weighted by Gasteiger charge is -2.27. The van der Waals surface area contributed by atoms with Crippen molar-refractivity contribution in [2.75, 3.05) is 19.6 Å². The Kier molecular flexibility index (Phi) is 4.87. The Balaban J connectivity index is 1.72. The fourth-order valence-electron chi connectivity index (χ4n) is 1.79. The Hall–Kier alpha value is -0.770. The summed E-state index contributed by atoms with van der Waals surface area (Å²) in [5.74, 6) is 0.687. The minimum atomic E-state index is 0.0907. The Morgan fingerprint density at radius 1 is 1.33 bits per heavy atom. The maximum atomic E-state index is 11.6. The number of rotatable bonds is 5. The molecular weight excluding hydrogens is 271 g/mol. The molecule has 2 rings (SSSR count). The van der Waals surface area contributed by atoms with Gasteiger partial charge in [-0.3, -0.25) is 4.79 Å². The summed E-state index contributed by atoms with van der Waals surface area (Å²) in [7, 11) is 0. The van der Waals surface area contributed by atoms with E-state index >= 15 is 0 Å². The summed E-state index contributed by atoms with van der Waals surface area (Å²) in [6.45, 7) is 2.79. The van der Waals surface area contributed by atoms with Crippen molar-refractivity contribution >= 4 is 29.1 Å². The quantitative estimate of drug-likeness (QED) is 0.872. The van der Waals surface area contributed by atoms with Gasteiger partial charge in [0.25, 0.3) is 0 Å². The fourth-order valence-corrected chi connectivity index (χ4v) is 2.11. The fraction of sp³-hybridized carbons (Fsp3) is 0.462. The van der Waals surface area contributed by atoms with Crippen molar-refractivity contribution < 1.29 is 4.79 Å². The highest BCUT2D eigenvalue weighted by Crippen LogP contribution is 2.23. The van der Waals surface area contributed by atoms with E-state index in [9.17, 15) is 4.79 Å². The van der Waals surface area contributed by atoms with E-state index in [0.29, 0.717) is 28.8 Å². The van der Waals surface area contributed by atoms with Gasteiger partial charge in [-0.05, 0) is 24.1 Å². The van der Waals surface area contributed by atoms with Gasteiger partial charge in [0.15, 0.2) is 0 Å². The minimum absolute atomic E-state index is 0.0907. The van der Waals surface area contributed by atoms with E-state index in [2.05, 4.69) is 10.6 Å². The molecule has 1 heterocycles. The van der Waals surface area contributed by atoms with E-state index in [4.69, 9.17) is 23.2 Å². The number of aryl methyl sites for hydroxylation is 1. The van der Waals surface area contributed by atoms with Gasteiger partial charge in [0.1, 0.15) is 0 Å². The third-order valence-corrected chi connectivity index (χ3v) is 3.82. The molecule has 0 aromatic heterocycles. The third-order valence-electron chi connectivity index (χ3n) is 3.08. The van der Waals surface area contributed by atoms with Gasteiger partial charge in [-0.15, -0.1) is 0 Å². The largest absolute Gasteiger partial charge is 0.356 e. The number of carbonyl (C=O) groups excluding carboxylic acids is 1. The summed E-state index contributed by atoms with van der Waals surface area (Å²) in [5, 5.41) is 7.20. The average Bonchev–Trinajstić information content (AvgIpc) is 2.29. The van der Waals surface area contributed by atoms with Crippen LogP contribution in [0.5, 0.6) is 0 Å². The highest BCUT2D eigenvalue weighted by atomic mass is 35.5. The van der Waals surface area contributed by atoms with Gasteiger partial charge in [0, 0.05) is 32.0 Å². The first-order chi connectivity index (χ1) is 8.65. The minimum Gasteiger partial charge on any atom is -0.356 e. The molecule has 18 heavy (non-hydrogen) atoms. The maximum absolute atomic E-state index is 11.6. The summed E-state index contributed by atoms with van der Waals surface area (Å²) >= 11 is 11.8.